The second-order valence-corrected chi connectivity index (χ2v) is 5.11. The summed E-state index contributed by atoms with van der Waals surface area (Å²) in [5, 5.41) is 9.85. The van der Waals surface area contributed by atoms with Gasteiger partial charge >= 0.3 is 0 Å². The van der Waals surface area contributed by atoms with Gasteiger partial charge in [0.2, 0.25) is 0 Å². The molecule has 1 nitrogen and oxygen atoms in total. The number of aliphatic hydroxyl groups excluding tert-OH is 1. The Hall–Kier alpha value is -0.0400. The normalized spacial score (nSPS) is 75.5. The highest BCUT2D eigenvalue weighted by Crippen LogP contribution is 2.74. The van der Waals surface area contributed by atoms with Crippen molar-refractivity contribution in [3.63, 3.8) is 0 Å². The molecular formula is C10H14O. The van der Waals surface area contributed by atoms with E-state index in [9.17, 15) is 5.11 Å². The number of rotatable bonds is 0. The summed E-state index contributed by atoms with van der Waals surface area (Å²) in [7, 11) is 0. The Morgan fingerprint density at radius 3 is 2.18 bits per heavy atom. The molecule has 0 heterocycles. The van der Waals surface area contributed by atoms with Crippen LogP contribution in [0.3, 0.4) is 0 Å². The lowest BCUT2D eigenvalue weighted by Crippen LogP contribution is -2.45. The maximum Gasteiger partial charge on any atom is 0.0605 e. The maximum atomic E-state index is 9.85. The topological polar surface area (TPSA) is 20.2 Å². The van der Waals surface area contributed by atoms with Crippen LogP contribution in [0.4, 0.5) is 0 Å². The van der Waals surface area contributed by atoms with Crippen LogP contribution in [0.5, 0.6) is 0 Å². The molecule has 4 fully saturated rings. The number of hydrogen-bond acceptors (Lipinski definition) is 1. The molecule has 0 aromatic carbocycles. The van der Waals surface area contributed by atoms with Gasteiger partial charge in [-0.3, -0.25) is 0 Å². The average molecular weight is 150 g/mol. The predicted molar refractivity (Wildman–Crippen MR) is 40.8 cm³/mol. The molecule has 4 saturated carbocycles. The van der Waals surface area contributed by atoms with Gasteiger partial charge in [-0.25, -0.2) is 0 Å². The van der Waals surface area contributed by atoms with Crippen molar-refractivity contribution in [1.29, 1.82) is 0 Å². The van der Waals surface area contributed by atoms with Gasteiger partial charge in [0, 0.05) is 0 Å². The minimum atomic E-state index is 0.131. The molecule has 1 heteroatoms. The molecule has 4 aliphatic carbocycles. The fraction of sp³-hybridized carbons (Fsp3) is 1.00. The monoisotopic (exact) mass is 150 g/mol. The fourth-order valence-corrected chi connectivity index (χ4v) is 5.06. The van der Waals surface area contributed by atoms with E-state index in [1.54, 1.807) is 0 Å². The summed E-state index contributed by atoms with van der Waals surface area (Å²) in [5.41, 5.74) is 0. The largest absolute Gasteiger partial charge is 0.393 e. The van der Waals surface area contributed by atoms with Crippen molar-refractivity contribution >= 4 is 0 Å². The average Bonchev–Trinajstić information content (AvgIpc) is 2.45. The lowest BCUT2D eigenvalue weighted by atomic mass is 9.56. The molecule has 1 N–H and O–H groups in total. The second-order valence-electron chi connectivity index (χ2n) is 5.11. The van der Waals surface area contributed by atoms with Crippen LogP contribution in [-0.4, -0.2) is 11.2 Å². The van der Waals surface area contributed by atoms with Gasteiger partial charge < -0.3 is 5.11 Å². The van der Waals surface area contributed by atoms with Crippen molar-refractivity contribution in [2.75, 3.05) is 0 Å². The molecule has 0 spiro atoms. The van der Waals surface area contributed by atoms with E-state index in [-0.39, 0.29) is 6.10 Å². The van der Waals surface area contributed by atoms with E-state index in [1.807, 2.05) is 0 Å². The summed E-state index contributed by atoms with van der Waals surface area (Å²) in [6.45, 7) is 0. The van der Waals surface area contributed by atoms with Crippen molar-refractivity contribution in [2.24, 2.45) is 35.5 Å². The van der Waals surface area contributed by atoms with Gasteiger partial charge in [-0.2, -0.15) is 0 Å². The van der Waals surface area contributed by atoms with E-state index in [1.165, 1.54) is 19.3 Å². The SMILES string of the molecule is O[C@@H]1C2CC3C4CCC2C4C31. The standard InChI is InChI=1S/C10H14O/c11-10-7-3-6-4-1-2-5(7)8(4)9(6)10/h4-11H,1-3H2/t4?,5?,6?,7?,8?,9?,10-/m1/s1. The third-order valence-corrected chi connectivity index (χ3v) is 5.24. The first kappa shape index (κ1) is 5.58. The molecule has 2 bridgehead atoms. The van der Waals surface area contributed by atoms with E-state index < -0.39 is 0 Å². The minimum absolute atomic E-state index is 0.131. The van der Waals surface area contributed by atoms with Gasteiger partial charge in [-0.05, 0) is 54.8 Å². The van der Waals surface area contributed by atoms with E-state index in [4.69, 9.17) is 0 Å². The maximum absolute atomic E-state index is 9.85. The summed E-state index contributed by atoms with van der Waals surface area (Å²) in [4.78, 5) is 0. The van der Waals surface area contributed by atoms with Crippen LogP contribution in [0.25, 0.3) is 0 Å². The van der Waals surface area contributed by atoms with Crippen molar-refractivity contribution in [3.8, 4) is 0 Å². The van der Waals surface area contributed by atoms with Crippen molar-refractivity contribution in [2.45, 2.75) is 25.4 Å². The summed E-state index contributed by atoms with van der Waals surface area (Å²) in [5.74, 6) is 5.52. The summed E-state index contributed by atoms with van der Waals surface area (Å²) in [6.07, 6.45) is 4.47. The van der Waals surface area contributed by atoms with Gasteiger partial charge in [0.1, 0.15) is 0 Å². The van der Waals surface area contributed by atoms with Crippen LogP contribution in [0.15, 0.2) is 0 Å². The zero-order chi connectivity index (χ0) is 7.16. The zero-order valence-electron chi connectivity index (χ0n) is 6.61. The summed E-state index contributed by atoms with van der Waals surface area (Å²) >= 11 is 0. The van der Waals surface area contributed by atoms with Crippen LogP contribution in [0.2, 0.25) is 0 Å². The molecule has 6 unspecified atom stereocenters. The molecule has 4 aliphatic rings. The summed E-state index contributed by atoms with van der Waals surface area (Å²) in [6, 6.07) is 0. The van der Waals surface area contributed by atoms with Gasteiger partial charge in [-0.15, -0.1) is 0 Å². The lowest BCUT2D eigenvalue weighted by molar-refractivity contribution is -0.0307. The van der Waals surface area contributed by atoms with Crippen LogP contribution < -0.4 is 0 Å². The highest BCUT2D eigenvalue weighted by Gasteiger charge is 2.71. The minimum Gasteiger partial charge on any atom is -0.393 e. The molecule has 0 aromatic heterocycles. The van der Waals surface area contributed by atoms with Crippen molar-refractivity contribution in [1.82, 2.24) is 0 Å². The number of aliphatic hydroxyl groups is 1. The third kappa shape index (κ3) is 0.376. The zero-order valence-corrected chi connectivity index (χ0v) is 6.61. The second kappa shape index (κ2) is 1.39. The van der Waals surface area contributed by atoms with E-state index in [0.29, 0.717) is 0 Å². The quantitative estimate of drug-likeness (QED) is 0.551. The Morgan fingerprint density at radius 1 is 0.818 bits per heavy atom. The van der Waals surface area contributed by atoms with Crippen molar-refractivity contribution < 1.29 is 5.11 Å². The summed E-state index contributed by atoms with van der Waals surface area (Å²) < 4.78 is 0. The Labute approximate surface area is 66.8 Å². The number of hydrogen-bond donors (Lipinski definition) is 1. The van der Waals surface area contributed by atoms with Gasteiger partial charge in [0.25, 0.3) is 0 Å². The first-order chi connectivity index (χ1) is 5.38. The van der Waals surface area contributed by atoms with Crippen LogP contribution in [0, 0.1) is 35.5 Å². The molecule has 7 atom stereocenters. The molecule has 11 heavy (non-hydrogen) atoms. The lowest BCUT2D eigenvalue weighted by Gasteiger charge is -2.48. The first-order valence-corrected chi connectivity index (χ1v) is 5.06. The Morgan fingerprint density at radius 2 is 1.55 bits per heavy atom. The fourth-order valence-electron chi connectivity index (χ4n) is 5.06. The Bertz CT molecular complexity index is 211. The van der Waals surface area contributed by atoms with E-state index in [0.717, 1.165) is 35.5 Å². The molecule has 4 rings (SSSR count). The molecule has 0 aliphatic heterocycles. The van der Waals surface area contributed by atoms with Gasteiger partial charge in [-0.1, -0.05) is 0 Å². The number of fused-ring (bicyclic) bond motifs is 3. The van der Waals surface area contributed by atoms with E-state index in [2.05, 4.69) is 0 Å². The Balaban J connectivity index is 1.89. The molecular weight excluding hydrogens is 136 g/mol. The smallest absolute Gasteiger partial charge is 0.0605 e. The van der Waals surface area contributed by atoms with Gasteiger partial charge in [0.15, 0.2) is 0 Å². The molecule has 0 amide bonds. The van der Waals surface area contributed by atoms with E-state index >= 15 is 0 Å². The molecule has 60 valence electrons. The van der Waals surface area contributed by atoms with Crippen LogP contribution in [0.1, 0.15) is 19.3 Å². The highest BCUT2D eigenvalue weighted by atomic mass is 16.3. The van der Waals surface area contributed by atoms with Crippen LogP contribution >= 0.6 is 0 Å². The molecule has 0 saturated heterocycles. The predicted octanol–water partition coefficient (Wildman–Crippen LogP) is 1.27. The Kier molecular flexibility index (Phi) is 0.706. The van der Waals surface area contributed by atoms with Crippen LogP contribution in [-0.2, 0) is 0 Å². The van der Waals surface area contributed by atoms with Crippen molar-refractivity contribution in [3.05, 3.63) is 0 Å². The third-order valence-electron chi connectivity index (χ3n) is 5.24. The van der Waals surface area contributed by atoms with Gasteiger partial charge in [0.05, 0.1) is 6.10 Å². The molecule has 0 radical (unpaired) electrons. The first-order valence-electron chi connectivity index (χ1n) is 5.06. The highest BCUT2D eigenvalue weighted by molar-refractivity contribution is 5.19. The molecule has 0 aromatic rings.